The normalized spacial score (nSPS) is 10.6. The molecule has 0 aliphatic carbocycles. The molecular formula is C12H12N2O5. The molecule has 0 aliphatic heterocycles. The van der Waals surface area contributed by atoms with Crippen LogP contribution in [0.1, 0.15) is 22.7 Å². The molecule has 0 unspecified atom stereocenters. The molecule has 0 radical (unpaired) electrons. The van der Waals surface area contributed by atoms with Gasteiger partial charge in [-0.05, 0) is 12.1 Å². The van der Waals surface area contributed by atoms with E-state index >= 15 is 0 Å². The summed E-state index contributed by atoms with van der Waals surface area (Å²) in [5.74, 6) is -1.19. The summed E-state index contributed by atoms with van der Waals surface area (Å²) in [4.78, 5) is 25.7. The van der Waals surface area contributed by atoms with E-state index in [0.29, 0.717) is 17.1 Å². The van der Waals surface area contributed by atoms with Crippen molar-refractivity contribution in [1.29, 1.82) is 0 Å². The van der Waals surface area contributed by atoms with Crippen LogP contribution in [0.4, 0.5) is 0 Å². The smallest absolute Gasteiger partial charge is 0.356 e. The lowest BCUT2D eigenvalue weighted by atomic mass is 10.3. The Hall–Kier alpha value is -2.57. The number of carbonyl (C=O) groups is 2. The lowest BCUT2D eigenvalue weighted by molar-refractivity contribution is -0.137. The van der Waals surface area contributed by atoms with Crippen LogP contribution in [0.25, 0.3) is 5.52 Å². The van der Waals surface area contributed by atoms with E-state index in [4.69, 9.17) is 14.9 Å². The number of fused-ring (bicyclic) bond motifs is 1. The molecule has 7 heteroatoms. The average molecular weight is 264 g/mol. The van der Waals surface area contributed by atoms with Gasteiger partial charge < -0.3 is 14.9 Å². The summed E-state index contributed by atoms with van der Waals surface area (Å²) >= 11 is 0. The standard InChI is InChI=1S/C12H12N2O5/c1-19-7-2-3-8-11(12(17)18)13-9(14(8)6-7)4-5-10(15)16/h2-3,6H,4-5H2,1H3,(H,15,16)(H,17,18). The van der Waals surface area contributed by atoms with Crippen LogP contribution in [0, 0.1) is 0 Å². The number of aryl methyl sites for hydroxylation is 1. The van der Waals surface area contributed by atoms with Gasteiger partial charge in [-0.3, -0.25) is 9.20 Å². The zero-order valence-electron chi connectivity index (χ0n) is 10.2. The minimum absolute atomic E-state index is 0.0944. The lowest BCUT2D eigenvalue weighted by Crippen LogP contribution is -2.02. The molecule has 2 heterocycles. The van der Waals surface area contributed by atoms with E-state index in [2.05, 4.69) is 4.98 Å². The van der Waals surface area contributed by atoms with Gasteiger partial charge in [0, 0.05) is 6.42 Å². The monoisotopic (exact) mass is 264 g/mol. The Bertz CT molecular complexity index is 647. The zero-order valence-corrected chi connectivity index (χ0v) is 10.2. The quantitative estimate of drug-likeness (QED) is 0.837. The average Bonchev–Trinajstić information content (AvgIpc) is 2.74. The zero-order chi connectivity index (χ0) is 14.0. The van der Waals surface area contributed by atoms with Crippen molar-refractivity contribution in [2.45, 2.75) is 12.8 Å². The van der Waals surface area contributed by atoms with Gasteiger partial charge >= 0.3 is 11.9 Å². The Balaban J connectivity index is 2.54. The van der Waals surface area contributed by atoms with Crippen LogP contribution >= 0.6 is 0 Å². The summed E-state index contributed by atoms with van der Waals surface area (Å²) < 4.78 is 6.61. The maximum absolute atomic E-state index is 11.1. The van der Waals surface area contributed by atoms with Crippen LogP contribution in [0.5, 0.6) is 5.75 Å². The fraction of sp³-hybridized carbons (Fsp3) is 0.250. The first-order valence-corrected chi connectivity index (χ1v) is 5.53. The molecule has 2 N–H and O–H groups in total. The summed E-state index contributed by atoms with van der Waals surface area (Å²) in [5, 5.41) is 17.8. The van der Waals surface area contributed by atoms with Gasteiger partial charge in [0.05, 0.1) is 25.2 Å². The van der Waals surface area contributed by atoms with Gasteiger partial charge in [-0.25, -0.2) is 9.78 Å². The molecule has 0 bridgehead atoms. The second-order valence-electron chi connectivity index (χ2n) is 3.90. The van der Waals surface area contributed by atoms with Crippen molar-refractivity contribution in [2.24, 2.45) is 0 Å². The number of rotatable bonds is 5. The Morgan fingerprint density at radius 2 is 2.11 bits per heavy atom. The van der Waals surface area contributed by atoms with Crippen LogP contribution in [0.15, 0.2) is 18.3 Å². The van der Waals surface area contributed by atoms with Gasteiger partial charge in [-0.1, -0.05) is 0 Å². The summed E-state index contributed by atoms with van der Waals surface area (Å²) in [5.41, 5.74) is 0.316. The van der Waals surface area contributed by atoms with E-state index in [-0.39, 0.29) is 18.5 Å². The Labute approximate surface area is 108 Å². The number of carboxylic acids is 2. The molecule has 100 valence electrons. The molecule has 0 saturated heterocycles. The molecule has 19 heavy (non-hydrogen) atoms. The lowest BCUT2D eigenvalue weighted by Gasteiger charge is -2.03. The van der Waals surface area contributed by atoms with Gasteiger partial charge in [0.15, 0.2) is 5.69 Å². The van der Waals surface area contributed by atoms with Crippen molar-refractivity contribution in [3.05, 3.63) is 29.8 Å². The molecule has 0 saturated carbocycles. The highest BCUT2D eigenvalue weighted by Gasteiger charge is 2.17. The van der Waals surface area contributed by atoms with Crippen LogP contribution in [0.2, 0.25) is 0 Å². The molecule has 0 fully saturated rings. The van der Waals surface area contributed by atoms with Gasteiger partial charge in [0.1, 0.15) is 11.6 Å². The van der Waals surface area contributed by atoms with Crippen molar-refractivity contribution >= 4 is 17.5 Å². The largest absolute Gasteiger partial charge is 0.495 e. The van der Waals surface area contributed by atoms with Crippen LogP contribution < -0.4 is 4.74 Å². The van der Waals surface area contributed by atoms with Crippen molar-refractivity contribution in [3.8, 4) is 5.75 Å². The number of aromatic carboxylic acids is 1. The third kappa shape index (κ3) is 2.49. The number of hydrogen-bond acceptors (Lipinski definition) is 4. The predicted octanol–water partition coefficient (Wildman–Crippen LogP) is 1.06. The minimum atomic E-state index is -1.15. The molecule has 2 rings (SSSR count). The number of imidazole rings is 1. The van der Waals surface area contributed by atoms with E-state index in [0.717, 1.165) is 0 Å². The Kier molecular flexibility index (Phi) is 3.37. The second kappa shape index (κ2) is 4.97. The predicted molar refractivity (Wildman–Crippen MR) is 64.7 cm³/mol. The van der Waals surface area contributed by atoms with E-state index in [1.165, 1.54) is 7.11 Å². The molecule has 2 aromatic rings. The Morgan fingerprint density at radius 3 is 2.68 bits per heavy atom. The summed E-state index contributed by atoms with van der Waals surface area (Å²) in [6, 6.07) is 3.21. The van der Waals surface area contributed by atoms with Gasteiger partial charge in [-0.15, -0.1) is 0 Å². The number of ether oxygens (including phenoxy) is 1. The summed E-state index contributed by atoms with van der Waals surface area (Å²) in [6.07, 6.45) is 1.62. The van der Waals surface area contributed by atoms with Crippen molar-refractivity contribution in [3.63, 3.8) is 0 Å². The molecule has 0 aromatic carbocycles. The number of nitrogens with zero attached hydrogens (tertiary/aromatic N) is 2. The van der Waals surface area contributed by atoms with Gasteiger partial charge in [0.25, 0.3) is 0 Å². The number of pyridine rings is 1. The van der Waals surface area contributed by atoms with Gasteiger partial charge in [-0.2, -0.15) is 0 Å². The van der Waals surface area contributed by atoms with E-state index in [1.54, 1.807) is 22.7 Å². The molecule has 0 amide bonds. The molecule has 0 spiro atoms. The third-order valence-electron chi connectivity index (χ3n) is 2.68. The number of carboxylic acid groups (broad SMARTS) is 2. The fourth-order valence-electron chi connectivity index (χ4n) is 1.80. The number of hydrogen-bond donors (Lipinski definition) is 2. The highest BCUT2D eigenvalue weighted by molar-refractivity contribution is 5.93. The first kappa shape index (κ1) is 12.9. The molecule has 7 nitrogen and oxygen atoms in total. The maximum atomic E-state index is 11.1. The molecule has 0 aliphatic rings. The SMILES string of the molecule is COc1ccc2c(C(=O)O)nc(CCC(=O)O)n2c1. The maximum Gasteiger partial charge on any atom is 0.356 e. The highest BCUT2D eigenvalue weighted by Crippen LogP contribution is 2.19. The summed E-state index contributed by atoms with van der Waals surface area (Å²) in [6.45, 7) is 0. The van der Waals surface area contributed by atoms with Crippen molar-refractivity contribution in [2.75, 3.05) is 7.11 Å². The minimum Gasteiger partial charge on any atom is -0.495 e. The van der Waals surface area contributed by atoms with Crippen molar-refractivity contribution in [1.82, 2.24) is 9.38 Å². The van der Waals surface area contributed by atoms with Gasteiger partial charge in [0.2, 0.25) is 0 Å². The Morgan fingerprint density at radius 1 is 1.37 bits per heavy atom. The molecular weight excluding hydrogens is 252 g/mol. The molecule has 2 aromatic heterocycles. The number of aromatic nitrogens is 2. The first-order valence-electron chi connectivity index (χ1n) is 5.53. The second-order valence-corrected chi connectivity index (χ2v) is 3.90. The van der Waals surface area contributed by atoms with E-state index in [1.807, 2.05) is 0 Å². The molecule has 0 atom stereocenters. The highest BCUT2D eigenvalue weighted by atomic mass is 16.5. The van der Waals surface area contributed by atoms with E-state index in [9.17, 15) is 9.59 Å². The van der Waals surface area contributed by atoms with Crippen LogP contribution in [-0.4, -0.2) is 38.6 Å². The third-order valence-corrected chi connectivity index (χ3v) is 2.68. The van der Waals surface area contributed by atoms with Crippen LogP contribution in [-0.2, 0) is 11.2 Å². The topological polar surface area (TPSA) is 101 Å². The van der Waals surface area contributed by atoms with Crippen LogP contribution in [0.3, 0.4) is 0 Å². The van der Waals surface area contributed by atoms with E-state index < -0.39 is 11.9 Å². The first-order chi connectivity index (χ1) is 9.02. The number of aliphatic carboxylic acids is 1. The summed E-state index contributed by atoms with van der Waals surface area (Å²) in [7, 11) is 1.49. The fourth-order valence-corrected chi connectivity index (χ4v) is 1.80. The number of methoxy groups -OCH3 is 1. The van der Waals surface area contributed by atoms with Crippen molar-refractivity contribution < 1.29 is 24.5 Å².